The Labute approximate surface area is 156 Å². The number of carbonyl (C=O) groups is 2. The number of hydrogen-bond acceptors (Lipinski definition) is 4. The lowest BCUT2D eigenvalue weighted by Gasteiger charge is -2.28. The first-order valence-electron chi connectivity index (χ1n) is 9.83. The monoisotopic (exact) mass is 364 g/mol. The molecule has 0 radical (unpaired) electrons. The zero-order valence-corrected chi connectivity index (χ0v) is 16.1. The van der Waals surface area contributed by atoms with Crippen LogP contribution < -0.4 is 0 Å². The summed E-state index contributed by atoms with van der Waals surface area (Å²) in [6.45, 7) is 6.55. The van der Waals surface area contributed by atoms with Crippen LogP contribution in [0.15, 0.2) is 22.8 Å². The fourth-order valence-electron chi connectivity index (χ4n) is 3.16. The molecule has 0 aliphatic carbocycles. The quantitative estimate of drug-likeness (QED) is 0.605. The molecule has 0 bridgehead atoms. The van der Waals surface area contributed by atoms with Crippen LogP contribution in [0.5, 0.6) is 0 Å². The molecule has 0 saturated carbocycles. The maximum atomic E-state index is 13.0. The molecule has 2 amide bonds. The van der Waals surface area contributed by atoms with E-state index in [0.29, 0.717) is 26.1 Å². The van der Waals surface area contributed by atoms with Crippen LogP contribution in [0.4, 0.5) is 0 Å². The Morgan fingerprint density at radius 2 is 2.04 bits per heavy atom. The Hall–Kier alpha value is -1.82. The zero-order valence-electron chi connectivity index (χ0n) is 16.1. The molecule has 26 heavy (non-hydrogen) atoms. The molecule has 0 spiro atoms. The van der Waals surface area contributed by atoms with E-state index in [2.05, 4.69) is 6.92 Å². The number of furan rings is 1. The Morgan fingerprint density at radius 1 is 1.19 bits per heavy atom. The fraction of sp³-hybridized carbons (Fsp3) is 0.700. The minimum atomic E-state index is -0.0440. The van der Waals surface area contributed by atoms with Gasteiger partial charge < -0.3 is 19.0 Å². The van der Waals surface area contributed by atoms with Gasteiger partial charge in [0.05, 0.1) is 25.5 Å². The molecule has 0 aromatic carbocycles. The number of hydrogen-bond donors (Lipinski definition) is 0. The number of ether oxygens (including phenoxy) is 1. The summed E-state index contributed by atoms with van der Waals surface area (Å²) in [6.07, 6.45) is 6.87. The summed E-state index contributed by atoms with van der Waals surface area (Å²) >= 11 is 0. The van der Waals surface area contributed by atoms with Gasteiger partial charge in [-0.3, -0.25) is 9.59 Å². The van der Waals surface area contributed by atoms with Crippen molar-refractivity contribution in [3.8, 4) is 0 Å². The largest absolute Gasteiger partial charge is 0.467 e. The maximum Gasteiger partial charge on any atom is 0.242 e. The van der Waals surface area contributed by atoms with Crippen molar-refractivity contribution in [2.45, 2.75) is 65.0 Å². The van der Waals surface area contributed by atoms with Crippen LogP contribution in [0.2, 0.25) is 0 Å². The first-order chi connectivity index (χ1) is 12.6. The first-order valence-corrected chi connectivity index (χ1v) is 9.83. The fourth-order valence-corrected chi connectivity index (χ4v) is 3.16. The SMILES string of the molecule is CCCCN(CC(=O)N(Cc1ccco1)C[C@@H]1CCCO1)C(=O)CCC. The minimum absolute atomic E-state index is 0.0440. The average Bonchev–Trinajstić information content (AvgIpc) is 3.32. The van der Waals surface area contributed by atoms with Crippen molar-refractivity contribution in [3.05, 3.63) is 24.2 Å². The highest BCUT2D eigenvalue weighted by molar-refractivity contribution is 5.84. The van der Waals surface area contributed by atoms with Crippen molar-refractivity contribution in [2.24, 2.45) is 0 Å². The van der Waals surface area contributed by atoms with Gasteiger partial charge in [-0.05, 0) is 37.8 Å². The van der Waals surface area contributed by atoms with Crippen molar-refractivity contribution in [1.29, 1.82) is 0 Å². The number of amides is 2. The van der Waals surface area contributed by atoms with E-state index in [-0.39, 0.29) is 24.5 Å². The van der Waals surface area contributed by atoms with Crippen LogP contribution in [0, 0.1) is 0 Å². The van der Waals surface area contributed by atoms with Gasteiger partial charge in [0.1, 0.15) is 5.76 Å². The normalized spacial score (nSPS) is 16.6. The lowest BCUT2D eigenvalue weighted by atomic mass is 10.2. The standard InChI is InChI=1S/C20H32N2O4/c1-3-5-11-21(19(23)8-4-2)16-20(24)22(14-17-9-6-12-25-17)15-18-10-7-13-26-18/h6,9,12,18H,3-5,7-8,10-11,13-16H2,1-2H3/t18-/m0/s1. The lowest BCUT2D eigenvalue weighted by molar-refractivity contribution is -0.142. The van der Waals surface area contributed by atoms with Gasteiger partial charge in [0.15, 0.2) is 0 Å². The van der Waals surface area contributed by atoms with Gasteiger partial charge in [-0.25, -0.2) is 0 Å². The Morgan fingerprint density at radius 3 is 2.65 bits per heavy atom. The van der Waals surface area contributed by atoms with Crippen molar-refractivity contribution in [1.82, 2.24) is 9.80 Å². The Bertz CT molecular complexity index is 538. The molecule has 146 valence electrons. The average molecular weight is 364 g/mol. The summed E-state index contributed by atoms with van der Waals surface area (Å²) in [5.74, 6) is 0.762. The third kappa shape index (κ3) is 6.48. The molecule has 2 heterocycles. The van der Waals surface area contributed by atoms with Crippen molar-refractivity contribution in [3.63, 3.8) is 0 Å². The summed E-state index contributed by atoms with van der Waals surface area (Å²) in [6, 6.07) is 3.69. The molecule has 1 aromatic heterocycles. The van der Waals surface area contributed by atoms with Crippen molar-refractivity contribution in [2.75, 3.05) is 26.2 Å². The van der Waals surface area contributed by atoms with Gasteiger partial charge in [-0.2, -0.15) is 0 Å². The molecule has 1 aromatic rings. The predicted molar refractivity (Wildman–Crippen MR) is 99.5 cm³/mol. The number of nitrogens with zero attached hydrogens (tertiary/aromatic N) is 2. The van der Waals surface area contributed by atoms with E-state index in [9.17, 15) is 9.59 Å². The highest BCUT2D eigenvalue weighted by atomic mass is 16.5. The maximum absolute atomic E-state index is 13.0. The number of rotatable bonds is 11. The van der Waals surface area contributed by atoms with E-state index >= 15 is 0 Å². The van der Waals surface area contributed by atoms with Crippen molar-refractivity contribution < 1.29 is 18.7 Å². The smallest absolute Gasteiger partial charge is 0.242 e. The molecule has 0 unspecified atom stereocenters. The third-order valence-electron chi connectivity index (χ3n) is 4.65. The molecule has 1 fully saturated rings. The van der Waals surface area contributed by atoms with E-state index in [1.54, 1.807) is 16.1 Å². The Balaban J connectivity index is 2.02. The van der Waals surface area contributed by atoms with Gasteiger partial charge >= 0.3 is 0 Å². The third-order valence-corrected chi connectivity index (χ3v) is 4.65. The number of carbonyl (C=O) groups excluding carboxylic acids is 2. The van der Waals surface area contributed by atoms with E-state index in [1.807, 2.05) is 19.1 Å². The molecular formula is C20H32N2O4. The second kappa shape index (κ2) is 11.0. The van der Waals surface area contributed by atoms with Gasteiger partial charge in [0.25, 0.3) is 0 Å². The second-order valence-electron chi connectivity index (χ2n) is 6.91. The molecule has 2 rings (SSSR count). The van der Waals surface area contributed by atoms with Gasteiger partial charge in [-0.1, -0.05) is 20.3 Å². The molecule has 0 N–H and O–H groups in total. The van der Waals surface area contributed by atoms with Crippen LogP contribution in [-0.2, 0) is 20.9 Å². The van der Waals surface area contributed by atoms with Crippen LogP contribution in [-0.4, -0.2) is 54.0 Å². The number of unbranched alkanes of at least 4 members (excludes halogenated alkanes) is 1. The summed E-state index contributed by atoms with van der Waals surface area (Å²) in [5.41, 5.74) is 0. The van der Waals surface area contributed by atoms with Crippen LogP contribution in [0.1, 0.15) is 58.1 Å². The summed E-state index contributed by atoms with van der Waals surface area (Å²) in [4.78, 5) is 28.8. The molecule has 6 nitrogen and oxygen atoms in total. The van der Waals surface area contributed by atoms with Crippen molar-refractivity contribution >= 4 is 11.8 Å². The Kier molecular flexibility index (Phi) is 8.68. The molecule has 6 heteroatoms. The highest BCUT2D eigenvalue weighted by Crippen LogP contribution is 2.16. The first kappa shape index (κ1) is 20.5. The summed E-state index contributed by atoms with van der Waals surface area (Å²) < 4.78 is 11.1. The molecule has 1 aliphatic rings. The molecule has 1 atom stereocenters. The van der Waals surface area contributed by atoms with Crippen LogP contribution >= 0.6 is 0 Å². The molecular weight excluding hydrogens is 332 g/mol. The highest BCUT2D eigenvalue weighted by Gasteiger charge is 2.25. The molecule has 1 aliphatic heterocycles. The second-order valence-corrected chi connectivity index (χ2v) is 6.91. The van der Waals surface area contributed by atoms with Gasteiger partial charge in [-0.15, -0.1) is 0 Å². The van der Waals surface area contributed by atoms with E-state index in [1.165, 1.54) is 0 Å². The topological polar surface area (TPSA) is 63.0 Å². The molecule has 1 saturated heterocycles. The summed E-state index contributed by atoms with van der Waals surface area (Å²) in [7, 11) is 0. The van der Waals surface area contributed by atoms with E-state index in [0.717, 1.165) is 44.5 Å². The van der Waals surface area contributed by atoms with E-state index < -0.39 is 0 Å². The van der Waals surface area contributed by atoms with E-state index in [4.69, 9.17) is 9.15 Å². The minimum Gasteiger partial charge on any atom is -0.467 e. The zero-order chi connectivity index (χ0) is 18.8. The lowest BCUT2D eigenvalue weighted by Crippen LogP contribution is -2.45. The summed E-state index contributed by atoms with van der Waals surface area (Å²) in [5, 5.41) is 0. The van der Waals surface area contributed by atoms with Gasteiger partial charge in [0, 0.05) is 26.1 Å². The van der Waals surface area contributed by atoms with Crippen LogP contribution in [0.3, 0.4) is 0 Å². The van der Waals surface area contributed by atoms with Crippen LogP contribution in [0.25, 0.3) is 0 Å². The van der Waals surface area contributed by atoms with Gasteiger partial charge in [0.2, 0.25) is 11.8 Å². The predicted octanol–water partition coefficient (Wildman–Crippen LogP) is 3.22.